The van der Waals surface area contributed by atoms with Crippen molar-refractivity contribution in [2.24, 2.45) is 0 Å². The molecule has 0 saturated heterocycles. The van der Waals surface area contributed by atoms with E-state index in [2.05, 4.69) is 0 Å². The maximum atomic E-state index is 12.9. The van der Waals surface area contributed by atoms with Crippen LogP contribution in [0.1, 0.15) is 13.3 Å². The largest absolute Gasteiger partial charge is 0.479 e. The minimum Gasteiger partial charge on any atom is -0.479 e. The zero-order valence-corrected chi connectivity index (χ0v) is 8.92. The van der Waals surface area contributed by atoms with Crippen molar-refractivity contribution in [1.82, 2.24) is 0 Å². The average Bonchev–Trinajstić information content (AvgIpc) is 2.25. The van der Waals surface area contributed by atoms with Gasteiger partial charge in [0.1, 0.15) is 5.82 Å². The van der Waals surface area contributed by atoms with Gasteiger partial charge in [0, 0.05) is 12.1 Å². The van der Waals surface area contributed by atoms with Gasteiger partial charge in [0.15, 0.2) is 6.10 Å². The van der Waals surface area contributed by atoms with Crippen molar-refractivity contribution in [3.8, 4) is 5.75 Å². The van der Waals surface area contributed by atoms with E-state index in [-0.39, 0.29) is 12.2 Å². The number of hydrogen-bond acceptors (Lipinski definition) is 4. The van der Waals surface area contributed by atoms with Gasteiger partial charge in [-0.2, -0.15) is 0 Å². The Hall–Kier alpha value is -2.18. The summed E-state index contributed by atoms with van der Waals surface area (Å²) in [6.45, 7) is 1.55. The average molecular weight is 243 g/mol. The summed E-state index contributed by atoms with van der Waals surface area (Å²) in [4.78, 5) is 20.6. The molecule has 1 atom stereocenters. The maximum absolute atomic E-state index is 12.9. The predicted molar refractivity (Wildman–Crippen MR) is 55.4 cm³/mol. The van der Waals surface area contributed by atoms with E-state index < -0.39 is 28.5 Å². The van der Waals surface area contributed by atoms with Crippen molar-refractivity contribution in [3.63, 3.8) is 0 Å². The highest BCUT2D eigenvalue weighted by atomic mass is 19.1. The normalized spacial score (nSPS) is 11.9. The van der Waals surface area contributed by atoms with E-state index in [9.17, 15) is 19.3 Å². The Labute approximate surface area is 95.8 Å². The van der Waals surface area contributed by atoms with E-state index in [0.717, 1.165) is 18.2 Å². The molecule has 0 heterocycles. The molecule has 0 aromatic heterocycles. The molecular formula is C10H10FNO5. The number of ether oxygens (including phenoxy) is 1. The third kappa shape index (κ3) is 3.13. The van der Waals surface area contributed by atoms with Crippen LogP contribution < -0.4 is 4.74 Å². The number of carbonyl (C=O) groups is 1. The molecular weight excluding hydrogens is 233 g/mol. The first-order valence-corrected chi connectivity index (χ1v) is 4.79. The van der Waals surface area contributed by atoms with E-state index in [1.807, 2.05) is 0 Å². The molecule has 1 aromatic rings. The molecule has 0 aliphatic heterocycles. The van der Waals surface area contributed by atoms with Gasteiger partial charge >= 0.3 is 11.7 Å². The van der Waals surface area contributed by atoms with Crippen LogP contribution in [0.5, 0.6) is 5.75 Å². The highest BCUT2D eigenvalue weighted by Crippen LogP contribution is 2.28. The smallest absolute Gasteiger partial charge is 0.344 e. The van der Waals surface area contributed by atoms with Crippen molar-refractivity contribution in [2.45, 2.75) is 19.4 Å². The third-order valence-corrected chi connectivity index (χ3v) is 2.03. The Morgan fingerprint density at radius 1 is 1.65 bits per heavy atom. The fourth-order valence-corrected chi connectivity index (χ4v) is 1.19. The lowest BCUT2D eigenvalue weighted by atomic mass is 10.2. The molecule has 0 amide bonds. The second-order valence-electron chi connectivity index (χ2n) is 3.22. The number of nitrogens with zero attached hydrogens (tertiary/aromatic N) is 1. The van der Waals surface area contributed by atoms with Crippen molar-refractivity contribution in [3.05, 3.63) is 34.1 Å². The number of nitro benzene ring substituents is 1. The number of benzene rings is 1. The quantitative estimate of drug-likeness (QED) is 0.630. The molecule has 7 heteroatoms. The van der Waals surface area contributed by atoms with Gasteiger partial charge in [0.05, 0.1) is 4.92 Å². The van der Waals surface area contributed by atoms with Crippen LogP contribution in [-0.2, 0) is 4.79 Å². The molecule has 0 spiro atoms. The number of carboxylic acid groups (broad SMARTS) is 1. The minimum absolute atomic E-state index is 0.114. The fraction of sp³-hybridized carbons (Fsp3) is 0.300. The molecule has 1 aromatic carbocycles. The zero-order valence-electron chi connectivity index (χ0n) is 8.92. The molecule has 0 fully saturated rings. The van der Waals surface area contributed by atoms with Gasteiger partial charge in [-0.3, -0.25) is 10.1 Å². The van der Waals surface area contributed by atoms with Gasteiger partial charge < -0.3 is 9.84 Å². The summed E-state index contributed by atoms with van der Waals surface area (Å²) >= 11 is 0. The van der Waals surface area contributed by atoms with Crippen LogP contribution in [0, 0.1) is 15.9 Å². The first kappa shape index (κ1) is 12.9. The Morgan fingerprint density at radius 3 is 2.76 bits per heavy atom. The molecule has 0 aliphatic rings. The lowest BCUT2D eigenvalue weighted by Crippen LogP contribution is -2.26. The molecule has 0 aliphatic carbocycles. The summed E-state index contributed by atoms with van der Waals surface area (Å²) in [6.07, 6.45) is -1.13. The molecule has 92 valence electrons. The monoisotopic (exact) mass is 243 g/mol. The summed E-state index contributed by atoms with van der Waals surface area (Å²) in [5.41, 5.74) is -0.467. The summed E-state index contributed by atoms with van der Waals surface area (Å²) < 4.78 is 17.8. The number of nitro groups is 1. The highest BCUT2D eigenvalue weighted by molar-refractivity contribution is 5.73. The standard InChI is InChI=1S/C10H10FNO5/c1-2-8(10(13)14)17-9-5-6(11)3-4-7(9)12(15)16/h3-5,8H,2H2,1H3,(H,13,14). The lowest BCUT2D eigenvalue weighted by molar-refractivity contribution is -0.386. The molecule has 6 nitrogen and oxygen atoms in total. The second kappa shape index (κ2) is 5.24. The molecule has 1 N–H and O–H groups in total. The Bertz CT molecular complexity index is 448. The maximum Gasteiger partial charge on any atom is 0.344 e. The molecule has 0 radical (unpaired) electrons. The first-order valence-electron chi connectivity index (χ1n) is 4.79. The summed E-state index contributed by atoms with van der Waals surface area (Å²) in [5, 5.41) is 19.4. The van der Waals surface area contributed by atoms with E-state index >= 15 is 0 Å². The SMILES string of the molecule is CCC(Oc1cc(F)ccc1[N+](=O)[O-])C(=O)O. The van der Waals surface area contributed by atoms with Gasteiger partial charge in [-0.1, -0.05) is 6.92 Å². The molecule has 17 heavy (non-hydrogen) atoms. The van der Waals surface area contributed by atoms with E-state index in [4.69, 9.17) is 9.84 Å². The second-order valence-corrected chi connectivity index (χ2v) is 3.22. The van der Waals surface area contributed by atoms with Gasteiger partial charge in [-0.25, -0.2) is 9.18 Å². The van der Waals surface area contributed by atoms with Gasteiger partial charge in [-0.15, -0.1) is 0 Å². The number of carboxylic acids is 1. The van der Waals surface area contributed by atoms with Crippen LogP contribution in [0.4, 0.5) is 10.1 Å². The van der Waals surface area contributed by atoms with Crippen LogP contribution in [0.25, 0.3) is 0 Å². The van der Waals surface area contributed by atoms with Crippen LogP contribution in [-0.4, -0.2) is 22.1 Å². The number of aliphatic carboxylic acids is 1. The fourth-order valence-electron chi connectivity index (χ4n) is 1.19. The number of rotatable bonds is 5. The van der Waals surface area contributed by atoms with Crippen molar-refractivity contribution < 1.29 is 24.0 Å². The van der Waals surface area contributed by atoms with Gasteiger partial charge in [0.25, 0.3) is 0 Å². The van der Waals surface area contributed by atoms with Crippen LogP contribution in [0.3, 0.4) is 0 Å². The molecule has 0 saturated carbocycles. The van der Waals surface area contributed by atoms with E-state index in [1.165, 1.54) is 0 Å². The first-order chi connectivity index (χ1) is 7.95. The Kier molecular flexibility index (Phi) is 3.97. The highest BCUT2D eigenvalue weighted by Gasteiger charge is 2.23. The summed E-state index contributed by atoms with van der Waals surface area (Å²) in [6, 6.07) is 2.63. The van der Waals surface area contributed by atoms with Crippen molar-refractivity contribution in [1.29, 1.82) is 0 Å². The minimum atomic E-state index is -1.26. The number of hydrogen-bond donors (Lipinski definition) is 1. The number of halogens is 1. The third-order valence-electron chi connectivity index (χ3n) is 2.03. The van der Waals surface area contributed by atoms with Crippen LogP contribution in [0.2, 0.25) is 0 Å². The zero-order chi connectivity index (χ0) is 13.0. The van der Waals surface area contributed by atoms with Crippen molar-refractivity contribution in [2.75, 3.05) is 0 Å². The Balaban J connectivity index is 3.07. The molecule has 1 rings (SSSR count). The molecule has 0 bridgehead atoms. The van der Waals surface area contributed by atoms with E-state index in [0.29, 0.717) is 0 Å². The predicted octanol–water partition coefficient (Wildman–Crippen LogP) is 1.98. The van der Waals surface area contributed by atoms with E-state index in [1.54, 1.807) is 6.92 Å². The lowest BCUT2D eigenvalue weighted by Gasteiger charge is -2.12. The summed E-state index contributed by atoms with van der Waals surface area (Å²) in [5.74, 6) is -2.37. The van der Waals surface area contributed by atoms with Crippen LogP contribution >= 0.6 is 0 Å². The van der Waals surface area contributed by atoms with Gasteiger partial charge in [-0.05, 0) is 12.5 Å². The summed E-state index contributed by atoms with van der Waals surface area (Å²) in [7, 11) is 0. The topological polar surface area (TPSA) is 89.7 Å². The van der Waals surface area contributed by atoms with Gasteiger partial charge in [0.2, 0.25) is 5.75 Å². The van der Waals surface area contributed by atoms with Crippen LogP contribution in [0.15, 0.2) is 18.2 Å². The molecule has 1 unspecified atom stereocenters. The Morgan fingerprint density at radius 2 is 2.29 bits per heavy atom. The van der Waals surface area contributed by atoms with Crippen molar-refractivity contribution >= 4 is 11.7 Å².